The van der Waals surface area contributed by atoms with Gasteiger partial charge in [-0.3, -0.25) is 4.79 Å². The molecular formula is C10H13BrN2O2S. The Morgan fingerprint density at radius 3 is 3.19 bits per heavy atom. The Labute approximate surface area is 106 Å². The fourth-order valence-corrected chi connectivity index (χ4v) is 3.25. The molecule has 1 aromatic heterocycles. The minimum Gasteiger partial charge on any atom is -0.481 e. The molecular weight excluding hydrogens is 292 g/mol. The number of aliphatic carboxylic acids is 1. The van der Waals surface area contributed by atoms with E-state index in [0.717, 1.165) is 35.7 Å². The van der Waals surface area contributed by atoms with E-state index in [4.69, 9.17) is 5.11 Å². The van der Waals surface area contributed by atoms with Crippen LogP contribution in [0.1, 0.15) is 19.3 Å². The van der Waals surface area contributed by atoms with Crippen LogP contribution in [0.15, 0.2) is 9.98 Å². The lowest BCUT2D eigenvalue weighted by atomic mass is 10.0. The Kier molecular flexibility index (Phi) is 3.81. The number of hydrogen-bond acceptors (Lipinski definition) is 4. The van der Waals surface area contributed by atoms with Gasteiger partial charge in [0.15, 0.2) is 5.13 Å². The highest BCUT2D eigenvalue weighted by molar-refractivity contribution is 9.10. The number of carboxylic acid groups (broad SMARTS) is 1. The van der Waals surface area contributed by atoms with Gasteiger partial charge in [0.25, 0.3) is 0 Å². The first kappa shape index (κ1) is 11.9. The van der Waals surface area contributed by atoms with Crippen molar-refractivity contribution in [2.45, 2.75) is 19.3 Å². The molecule has 1 N–H and O–H groups in total. The van der Waals surface area contributed by atoms with Crippen molar-refractivity contribution in [3.05, 3.63) is 9.98 Å². The van der Waals surface area contributed by atoms with Crippen molar-refractivity contribution in [1.29, 1.82) is 0 Å². The van der Waals surface area contributed by atoms with Crippen LogP contribution in [0.5, 0.6) is 0 Å². The van der Waals surface area contributed by atoms with Crippen molar-refractivity contribution < 1.29 is 9.90 Å². The summed E-state index contributed by atoms with van der Waals surface area (Å²) in [7, 11) is 0. The van der Waals surface area contributed by atoms with E-state index >= 15 is 0 Å². The zero-order valence-electron chi connectivity index (χ0n) is 8.73. The third kappa shape index (κ3) is 2.95. The van der Waals surface area contributed by atoms with Gasteiger partial charge in [-0.15, -0.1) is 11.3 Å². The standard InChI is InChI=1S/C10H13BrN2O2S/c11-8-6-16-10(12-8)13-4-3-7(5-13)1-2-9(14)15/h6-7H,1-5H2,(H,14,15). The van der Waals surface area contributed by atoms with Crippen molar-refractivity contribution in [3.63, 3.8) is 0 Å². The van der Waals surface area contributed by atoms with Crippen LogP contribution >= 0.6 is 27.3 Å². The van der Waals surface area contributed by atoms with E-state index < -0.39 is 5.97 Å². The SMILES string of the molecule is O=C(O)CCC1CCN(c2nc(Br)cs2)C1. The predicted octanol–water partition coefficient (Wildman–Crippen LogP) is 2.60. The Morgan fingerprint density at radius 1 is 1.75 bits per heavy atom. The Bertz CT molecular complexity index is 383. The second-order valence-electron chi connectivity index (χ2n) is 3.99. The molecule has 1 aromatic rings. The lowest BCUT2D eigenvalue weighted by Crippen LogP contribution is -2.19. The number of hydrogen-bond donors (Lipinski definition) is 1. The van der Waals surface area contributed by atoms with E-state index in [1.165, 1.54) is 0 Å². The molecule has 0 spiro atoms. The molecule has 2 heterocycles. The van der Waals surface area contributed by atoms with Crippen LogP contribution in [-0.4, -0.2) is 29.1 Å². The predicted molar refractivity (Wildman–Crippen MR) is 67.0 cm³/mol. The number of thiazole rings is 1. The summed E-state index contributed by atoms with van der Waals surface area (Å²) in [6.45, 7) is 1.93. The highest BCUT2D eigenvalue weighted by Crippen LogP contribution is 2.30. The van der Waals surface area contributed by atoms with Gasteiger partial charge in [0.05, 0.1) is 0 Å². The second kappa shape index (κ2) is 5.14. The topological polar surface area (TPSA) is 53.4 Å². The molecule has 2 rings (SSSR count). The van der Waals surface area contributed by atoms with Gasteiger partial charge in [0.1, 0.15) is 4.60 Å². The minimum atomic E-state index is -0.699. The van der Waals surface area contributed by atoms with Gasteiger partial charge in [-0.1, -0.05) is 0 Å². The first-order valence-corrected chi connectivity index (χ1v) is 6.90. The van der Waals surface area contributed by atoms with E-state index in [-0.39, 0.29) is 6.42 Å². The summed E-state index contributed by atoms with van der Waals surface area (Å²) < 4.78 is 0.876. The highest BCUT2D eigenvalue weighted by atomic mass is 79.9. The maximum absolute atomic E-state index is 10.5. The van der Waals surface area contributed by atoms with Gasteiger partial charge in [-0.25, -0.2) is 4.98 Å². The Hall–Kier alpha value is -0.620. The molecule has 4 nitrogen and oxygen atoms in total. The summed E-state index contributed by atoms with van der Waals surface area (Å²) in [4.78, 5) is 17.1. The molecule has 16 heavy (non-hydrogen) atoms. The summed E-state index contributed by atoms with van der Waals surface area (Å²) in [5.41, 5.74) is 0. The highest BCUT2D eigenvalue weighted by Gasteiger charge is 2.24. The molecule has 1 unspecified atom stereocenters. The molecule has 88 valence electrons. The van der Waals surface area contributed by atoms with Crippen LogP contribution < -0.4 is 4.90 Å². The molecule has 0 radical (unpaired) electrons. The van der Waals surface area contributed by atoms with Crippen molar-refractivity contribution in [1.82, 2.24) is 4.98 Å². The number of carbonyl (C=O) groups is 1. The zero-order chi connectivity index (χ0) is 11.5. The van der Waals surface area contributed by atoms with Crippen LogP contribution in [0.3, 0.4) is 0 Å². The van der Waals surface area contributed by atoms with Crippen LogP contribution in [0.25, 0.3) is 0 Å². The fraction of sp³-hybridized carbons (Fsp3) is 0.600. The molecule has 0 bridgehead atoms. The molecule has 1 atom stereocenters. The summed E-state index contributed by atoms with van der Waals surface area (Å²) >= 11 is 4.96. The summed E-state index contributed by atoms with van der Waals surface area (Å²) in [6, 6.07) is 0. The van der Waals surface area contributed by atoms with E-state index in [1.54, 1.807) is 11.3 Å². The third-order valence-corrected chi connectivity index (χ3v) is 4.40. The number of carboxylic acids is 1. The Morgan fingerprint density at radius 2 is 2.56 bits per heavy atom. The molecule has 1 aliphatic heterocycles. The number of anilines is 1. The number of rotatable bonds is 4. The van der Waals surface area contributed by atoms with Gasteiger partial charge >= 0.3 is 5.97 Å². The molecule has 0 saturated carbocycles. The monoisotopic (exact) mass is 304 g/mol. The van der Waals surface area contributed by atoms with Gasteiger partial charge in [-0.05, 0) is 34.7 Å². The largest absolute Gasteiger partial charge is 0.481 e. The molecule has 0 aromatic carbocycles. The van der Waals surface area contributed by atoms with E-state index in [9.17, 15) is 4.79 Å². The van der Waals surface area contributed by atoms with Crippen LogP contribution in [0.2, 0.25) is 0 Å². The number of nitrogens with zero attached hydrogens (tertiary/aromatic N) is 2. The zero-order valence-corrected chi connectivity index (χ0v) is 11.1. The summed E-state index contributed by atoms with van der Waals surface area (Å²) in [5, 5.41) is 11.6. The third-order valence-electron chi connectivity index (χ3n) is 2.79. The maximum Gasteiger partial charge on any atom is 0.303 e. The Balaban J connectivity index is 1.86. The average Bonchev–Trinajstić information content (AvgIpc) is 2.83. The van der Waals surface area contributed by atoms with Gasteiger partial charge in [0.2, 0.25) is 0 Å². The molecule has 0 aliphatic carbocycles. The van der Waals surface area contributed by atoms with E-state index in [0.29, 0.717) is 5.92 Å². The van der Waals surface area contributed by atoms with Crippen molar-refractivity contribution in [3.8, 4) is 0 Å². The van der Waals surface area contributed by atoms with Crippen molar-refractivity contribution >= 4 is 38.4 Å². The fourth-order valence-electron chi connectivity index (χ4n) is 1.96. The van der Waals surface area contributed by atoms with Gasteiger partial charge in [-0.2, -0.15) is 0 Å². The lowest BCUT2D eigenvalue weighted by Gasteiger charge is -2.14. The number of aromatic nitrogens is 1. The second-order valence-corrected chi connectivity index (χ2v) is 5.63. The number of halogens is 1. The van der Waals surface area contributed by atoms with Gasteiger partial charge < -0.3 is 10.0 Å². The van der Waals surface area contributed by atoms with E-state index in [1.807, 2.05) is 5.38 Å². The quantitative estimate of drug-likeness (QED) is 0.929. The molecule has 1 saturated heterocycles. The molecule has 0 amide bonds. The molecule has 1 fully saturated rings. The minimum absolute atomic E-state index is 0.278. The lowest BCUT2D eigenvalue weighted by molar-refractivity contribution is -0.137. The van der Waals surface area contributed by atoms with E-state index in [2.05, 4.69) is 25.8 Å². The summed E-state index contributed by atoms with van der Waals surface area (Å²) in [5.74, 6) is -0.200. The first-order chi connectivity index (χ1) is 7.65. The van der Waals surface area contributed by atoms with Crippen molar-refractivity contribution in [2.75, 3.05) is 18.0 Å². The van der Waals surface area contributed by atoms with Crippen LogP contribution in [0.4, 0.5) is 5.13 Å². The maximum atomic E-state index is 10.5. The molecule has 6 heteroatoms. The van der Waals surface area contributed by atoms with Crippen LogP contribution in [0, 0.1) is 5.92 Å². The summed E-state index contributed by atoms with van der Waals surface area (Å²) in [6.07, 6.45) is 2.13. The smallest absolute Gasteiger partial charge is 0.303 e. The van der Waals surface area contributed by atoms with Crippen molar-refractivity contribution in [2.24, 2.45) is 5.92 Å². The average molecular weight is 305 g/mol. The first-order valence-electron chi connectivity index (χ1n) is 5.23. The van der Waals surface area contributed by atoms with Gasteiger partial charge in [0, 0.05) is 24.9 Å². The van der Waals surface area contributed by atoms with Crippen LogP contribution in [-0.2, 0) is 4.79 Å². The normalized spacial score (nSPS) is 20.3. The molecule has 1 aliphatic rings.